The average Bonchev–Trinajstić information content (AvgIpc) is 2.51. The van der Waals surface area contributed by atoms with Crippen molar-refractivity contribution in [2.45, 2.75) is 64.9 Å². The summed E-state index contributed by atoms with van der Waals surface area (Å²) in [6.07, 6.45) is 8.02. The van der Waals surface area contributed by atoms with Crippen molar-refractivity contribution in [3.05, 3.63) is 30.3 Å². The van der Waals surface area contributed by atoms with Crippen LogP contribution in [-0.4, -0.2) is 29.4 Å². The van der Waals surface area contributed by atoms with Gasteiger partial charge in [-0.2, -0.15) is 0 Å². The maximum atomic E-state index is 9.86. The Labute approximate surface area is 129 Å². The van der Waals surface area contributed by atoms with E-state index in [9.17, 15) is 5.11 Å². The number of benzene rings is 1. The van der Waals surface area contributed by atoms with Crippen LogP contribution >= 0.6 is 0 Å². The molecular formula is C18H31NO2. The van der Waals surface area contributed by atoms with Crippen molar-refractivity contribution in [2.75, 3.05) is 13.1 Å². The molecule has 1 rings (SSSR count). The van der Waals surface area contributed by atoms with Crippen LogP contribution < -0.4 is 4.84 Å². The summed E-state index contributed by atoms with van der Waals surface area (Å²) in [5, 5.41) is 11.8. The Balaban J connectivity index is 2.34. The van der Waals surface area contributed by atoms with Crippen molar-refractivity contribution < 1.29 is 9.94 Å². The lowest BCUT2D eigenvalue weighted by atomic mass is 10.1. The lowest BCUT2D eigenvalue weighted by Crippen LogP contribution is -2.35. The summed E-state index contributed by atoms with van der Waals surface area (Å²) in [6.45, 7) is 5.68. The Morgan fingerprint density at radius 1 is 1.00 bits per heavy atom. The van der Waals surface area contributed by atoms with Gasteiger partial charge in [0.15, 0.2) is 0 Å². The summed E-state index contributed by atoms with van der Waals surface area (Å²) in [5.74, 6) is 0.840. The topological polar surface area (TPSA) is 32.7 Å². The molecule has 0 saturated heterocycles. The number of rotatable bonds is 12. The summed E-state index contributed by atoms with van der Waals surface area (Å²) in [6, 6.07) is 9.81. The van der Waals surface area contributed by atoms with Crippen LogP contribution in [0.15, 0.2) is 30.3 Å². The lowest BCUT2D eigenvalue weighted by molar-refractivity contribution is -0.0855. The first-order valence-electron chi connectivity index (χ1n) is 8.42. The Hall–Kier alpha value is -1.06. The number of unbranched alkanes of at least 4 members (excludes halogenated alkanes) is 5. The molecule has 21 heavy (non-hydrogen) atoms. The molecule has 0 aliphatic carbocycles. The van der Waals surface area contributed by atoms with Crippen molar-refractivity contribution in [1.82, 2.24) is 5.06 Å². The van der Waals surface area contributed by atoms with Gasteiger partial charge in [-0.05, 0) is 25.0 Å². The summed E-state index contributed by atoms with van der Waals surface area (Å²) in [7, 11) is 0. The SMILES string of the molecule is CCCCCCCCN(CC(O)CC)Oc1ccccc1. The molecule has 1 unspecified atom stereocenters. The van der Waals surface area contributed by atoms with E-state index in [0.29, 0.717) is 6.54 Å². The fraction of sp³-hybridized carbons (Fsp3) is 0.667. The molecule has 0 spiro atoms. The van der Waals surface area contributed by atoms with Gasteiger partial charge in [0.1, 0.15) is 5.75 Å². The molecule has 0 aliphatic heterocycles. The number of nitrogens with zero attached hydrogens (tertiary/aromatic N) is 1. The molecule has 3 heteroatoms. The molecule has 3 nitrogen and oxygen atoms in total. The van der Waals surface area contributed by atoms with E-state index in [2.05, 4.69) is 6.92 Å². The maximum absolute atomic E-state index is 9.86. The van der Waals surface area contributed by atoms with Crippen LogP contribution in [0.2, 0.25) is 0 Å². The first-order chi connectivity index (χ1) is 10.3. The molecule has 0 aromatic heterocycles. The highest BCUT2D eigenvalue weighted by molar-refractivity contribution is 5.20. The number of aliphatic hydroxyl groups excluding tert-OH is 1. The molecule has 1 atom stereocenters. The highest BCUT2D eigenvalue weighted by atomic mass is 16.7. The minimum absolute atomic E-state index is 0.325. The minimum Gasteiger partial charge on any atom is -0.406 e. The van der Waals surface area contributed by atoms with E-state index in [4.69, 9.17) is 4.84 Å². The van der Waals surface area contributed by atoms with E-state index in [1.165, 1.54) is 32.1 Å². The molecular weight excluding hydrogens is 262 g/mol. The van der Waals surface area contributed by atoms with Crippen molar-refractivity contribution >= 4 is 0 Å². The van der Waals surface area contributed by atoms with Crippen LogP contribution in [0, 0.1) is 0 Å². The second-order valence-electron chi connectivity index (χ2n) is 5.62. The smallest absolute Gasteiger partial charge is 0.147 e. The highest BCUT2D eigenvalue weighted by Gasteiger charge is 2.12. The minimum atomic E-state index is -0.325. The highest BCUT2D eigenvalue weighted by Crippen LogP contribution is 2.13. The van der Waals surface area contributed by atoms with Crippen molar-refractivity contribution in [3.8, 4) is 5.75 Å². The van der Waals surface area contributed by atoms with Crippen molar-refractivity contribution in [3.63, 3.8) is 0 Å². The third kappa shape index (κ3) is 8.74. The zero-order chi connectivity index (χ0) is 15.3. The van der Waals surface area contributed by atoms with Crippen molar-refractivity contribution in [1.29, 1.82) is 0 Å². The molecule has 0 bridgehead atoms. The molecule has 0 heterocycles. The first kappa shape index (κ1) is 18.0. The normalized spacial score (nSPS) is 12.6. The largest absolute Gasteiger partial charge is 0.406 e. The van der Waals surface area contributed by atoms with E-state index in [0.717, 1.165) is 25.1 Å². The van der Waals surface area contributed by atoms with Gasteiger partial charge in [-0.15, -0.1) is 5.06 Å². The summed E-state index contributed by atoms with van der Waals surface area (Å²) >= 11 is 0. The van der Waals surface area contributed by atoms with Crippen LogP contribution in [0.5, 0.6) is 5.75 Å². The van der Waals surface area contributed by atoms with Crippen LogP contribution in [0.3, 0.4) is 0 Å². The Bertz CT molecular complexity index is 342. The maximum Gasteiger partial charge on any atom is 0.147 e. The number of aliphatic hydroxyl groups is 1. The Morgan fingerprint density at radius 2 is 1.67 bits per heavy atom. The number of para-hydroxylation sites is 1. The fourth-order valence-electron chi connectivity index (χ4n) is 2.24. The van der Waals surface area contributed by atoms with E-state index in [1.807, 2.05) is 42.3 Å². The Kier molecular flexibility index (Phi) is 9.92. The molecule has 120 valence electrons. The summed E-state index contributed by atoms with van der Waals surface area (Å²) < 4.78 is 0. The van der Waals surface area contributed by atoms with Gasteiger partial charge < -0.3 is 9.94 Å². The number of hydrogen-bond donors (Lipinski definition) is 1. The lowest BCUT2D eigenvalue weighted by Gasteiger charge is -2.24. The van der Waals surface area contributed by atoms with E-state index in [-0.39, 0.29) is 6.10 Å². The van der Waals surface area contributed by atoms with Gasteiger partial charge in [0.05, 0.1) is 12.6 Å². The van der Waals surface area contributed by atoms with Crippen LogP contribution in [0.1, 0.15) is 58.8 Å². The van der Waals surface area contributed by atoms with Gasteiger partial charge in [0.2, 0.25) is 0 Å². The van der Waals surface area contributed by atoms with Crippen molar-refractivity contribution in [2.24, 2.45) is 0 Å². The van der Waals surface area contributed by atoms with Gasteiger partial charge >= 0.3 is 0 Å². The van der Waals surface area contributed by atoms with Gasteiger partial charge in [-0.1, -0.05) is 64.2 Å². The van der Waals surface area contributed by atoms with Gasteiger partial charge in [0.25, 0.3) is 0 Å². The predicted octanol–water partition coefficient (Wildman–Crippen LogP) is 4.41. The first-order valence-corrected chi connectivity index (χ1v) is 8.42. The van der Waals surface area contributed by atoms with E-state index < -0.39 is 0 Å². The van der Waals surface area contributed by atoms with Gasteiger partial charge in [-0.25, -0.2) is 0 Å². The quantitative estimate of drug-likeness (QED) is 0.457. The van der Waals surface area contributed by atoms with Gasteiger partial charge in [-0.3, -0.25) is 0 Å². The second kappa shape index (κ2) is 11.6. The molecule has 0 saturated carbocycles. The van der Waals surface area contributed by atoms with E-state index >= 15 is 0 Å². The standard InChI is InChI=1S/C18H31NO2/c1-3-5-6-7-8-12-15-19(16-17(20)4-2)21-18-13-10-9-11-14-18/h9-11,13-14,17,20H,3-8,12,15-16H2,1-2H3. The predicted molar refractivity (Wildman–Crippen MR) is 88.3 cm³/mol. The summed E-state index contributed by atoms with van der Waals surface area (Å²) in [4.78, 5) is 5.89. The third-order valence-electron chi connectivity index (χ3n) is 3.62. The monoisotopic (exact) mass is 293 g/mol. The second-order valence-corrected chi connectivity index (χ2v) is 5.62. The molecule has 1 aromatic carbocycles. The van der Waals surface area contributed by atoms with Crippen LogP contribution in [0.25, 0.3) is 0 Å². The molecule has 0 aliphatic rings. The Morgan fingerprint density at radius 3 is 2.33 bits per heavy atom. The summed E-state index contributed by atoms with van der Waals surface area (Å²) in [5.41, 5.74) is 0. The fourth-order valence-corrected chi connectivity index (χ4v) is 2.24. The number of hydroxylamine groups is 2. The molecule has 0 radical (unpaired) electrons. The molecule has 1 N–H and O–H groups in total. The van der Waals surface area contributed by atoms with E-state index in [1.54, 1.807) is 0 Å². The third-order valence-corrected chi connectivity index (χ3v) is 3.62. The van der Waals surface area contributed by atoms with Crippen LogP contribution in [-0.2, 0) is 0 Å². The van der Waals surface area contributed by atoms with Gasteiger partial charge in [0, 0.05) is 6.54 Å². The number of hydrogen-bond acceptors (Lipinski definition) is 3. The molecule has 1 aromatic rings. The average molecular weight is 293 g/mol. The molecule has 0 fully saturated rings. The zero-order valence-electron chi connectivity index (χ0n) is 13.6. The zero-order valence-corrected chi connectivity index (χ0v) is 13.6. The van der Waals surface area contributed by atoms with Crippen LogP contribution in [0.4, 0.5) is 0 Å². The molecule has 0 amide bonds.